The van der Waals surface area contributed by atoms with Gasteiger partial charge in [0.2, 0.25) is 11.0 Å². The number of imide groups is 1. The van der Waals surface area contributed by atoms with Crippen LogP contribution in [0.4, 0.5) is 15.6 Å². The van der Waals surface area contributed by atoms with Crippen LogP contribution in [0.2, 0.25) is 0 Å². The molecule has 0 aliphatic rings. The van der Waals surface area contributed by atoms with Crippen LogP contribution in [0.15, 0.2) is 28.6 Å². The number of nitrogens with one attached hydrogen (secondary N) is 3. The Morgan fingerprint density at radius 1 is 1.30 bits per heavy atom. The lowest BCUT2D eigenvalue weighted by Gasteiger charge is -2.08. The zero-order valence-electron chi connectivity index (χ0n) is 12.9. The molecule has 0 radical (unpaired) electrons. The minimum Gasteiger partial charge on any atom is -0.341 e. The molecule has 0 spiro atoms. The first kappa shape index (κ1) is 17.2. The maximum Gasteiger partial charge on any atom is 0.321 e. The van der Waals surface area contributed by atoms with Crippen molar-refractivity contribution in [2.24, 2.45) is 0 Å². The van der Waals surface area contributed by atoms with Crippen LogP contribution in [0.5, 0.6) is 0 Å². The van der Waals surface area contributed by atoms with E-state index in [0.717, 1.165) is 11.3 Å². The van der Waals surface area contributed by atoms with E-state index in [2.05, 4.69) is 26.1 Å². The second-order valence-electron chi connectivity index (χ2n) is 4.70. The Kier molecular flexibility index (Phi) is 5.94. The van der Waals surface area contributed by atoms with Crippen LogP contribution in [0, 0.1) is 6.92 Å². The molecule has 0 fully saturated rings. The van der Waals surface area contributed by atoms with Crippen LogP contribution >= 0.6 is 23.1 Å². The van der Waals surface area contributed by atoms with Gasteiger partial charge in [-0.1, -0.05) is 35.2 Å². The highest BCUT2D eigenvalue weighted by atomic mass is 32.2. The van der Waals surface area contributed by atoms with Gasteiger partial charge in [0.25, 0.3) is 0 Å². The molecule has 0 bridgehead atoms. The summed E-state index contributed by atoms with van der Waals surface area (Å²) < 4.78 is 0.653. The molecule has 3 N–H and O–H groups in total. The third kappa shape index (κ3) is 5.22. The zero-order chi connectivity index (χ0) is 16.8. The molecule has 0 saturated heterocycles. The van der Waals surface area contributed by atoms with Gasteiger partial charge in [0.15, 0.2) is 4.34 Å². The molecule has 9 heteroatoms. The predicted molar refractivity (Wildman–Crippen MR) is 92.3 cm³/mol. The van der Waals surface area contributed by atoms with Crippen molar-refractivity contribution in [2.75, 3.05) is 12.4 Å². The van der Waals surface area contributed by atoms with Gasteiger partial charge in [-0.15, -0.1) is 10.2 Å². The van der Waals surface area contributed by atoms with Gasteiger partial charge in [-0.05, 0) is 31.5 Å². The van der Waals surface area contributed by atoms with E-state index >= 15 is 0 Å². The molecule has 3 amide bonds. The van der Waals surface area contributed by atoms with Gasteiger partial charge in [-0.2, -0.15) is 0 Å². The number of hydrogen-bond donors (Lipinski definition) is 3. The number of nitrogens with zero attached hydrogens (tertiary/aromatic N) is 2. The third-order valence-corrected chi connectivity index (χ3v) is 4.81. The quantitative estimate of drug-likeness (QED) is 0.717. The summed E-state index contributed by atoms with van der Waals surface area (Å²) in [6, 6.07) is 7.40. The molecule has 2 aromatic rings. The number of carbonyl (C=O) groups excluding carboxylic acids is 2. The van der Waals surface area contributed by atoms with Crippen LogP contribution in [-0.2, 0) is 4.79 Å². The maximum absolute atomic E-state index is 11.8. The van der Waals surface area contributed by atoms with E-state index in [9.17, 15) is 9.59 Å². The number of aromatic nitrogens is 2. The first-order valence-corrected chi connectivity index (χ1v) is 8.54. The molecule has 2 rings (SSSR count). The van der Waals surface area contributed by atoms with Crippen molar-refractivity contribution >= 4 is 45.9 Å². The first-order chi connectivity index (χ1) is 11.0. The average Bonchev–Trinajstić information content (AvgIpc) is 2.94. The number of anilines is 2. The second-order valence-corrected chi connectivity index (χ2v) is 7.26. The lowest BCUT2D eigenvalue weighted by molar-refractivity contribution is -0.119. The molecule has 0 aliphatic heterocycles. The topological polar surface area (TPSA) is 96.0 Å². The van der Waals surface area contributed by atoms with Crippen LogP contribution in [0.1, 0.15) is 12.5 Å². The van der Waals surface area contributed by atoms with Gasteiger partial charge < -0.3 is 10.6 Å². The Hall–Kier alpha value is -2.13. The Morgan fingerprint density at radius 2 is 2.09 bits per heavy atom. The first-order valence-electron chi connectivity index (χ1n) is 6.84. The van der Waals surface area contributed by atoms with Gasteiger partial charge >= 0.3 is 6.03 Å². The summed E-state index contributed by atoms with van der Waals surface area (Å²) >= 11 is 2.60. The second kappa shape index (κ2) is 7.93. The number of benzene rings is 1. The van der Waals surface area contributed by atoms with E-state index in [4.69, 9.17) is 0 Å². The minimum atomic E-state index is -0.526. The summed E-state index contributed by atoms with van der Waals surface area (Å²) in [6.45, 7) is 3.72. The highest BCUT2D eigenvalue weighted by molar-refractivity contribution is 8.02. The Balaban J connectivity index is 1.94. The fraction of sp³-hybridized carbons (Fsp3) is 0.286. The normalized spacial score (nSPS) is 11.6. The highest BCUT2D eigenvalue weighted by Gasteiger charge is 2.18. The molecular weight excluding hydrogens is 334 g/mol. The number of hydrogen-bond acceptors (Lipinski definition) is 7. The summed E-state index contributed by atoms with van der Waals surface area (Å²) in [4.78, 5) is 22.9. The van der Waals surface area contributed by atoms with Crippen LogP contribution in [0.25, 0.3) is 0 Å². The third-order valence-electron chi connectivity index (χ3n) is 2.79. The van der Waals surface area contributed by atoms with Gasteiger partial charge in [-0.25, -0.2) is 4.79 Å². The summed E-state index contributed by atoms with van der Waals surface area (Å²) in [5, 5.41) is 16.0. The number of urea groups is 1. The van der Waals surface area contributed by atoms with E-state index < -0.39 is 11.3 Å². The molecule has 7 nitrogen and oxygen atoms in total. The Labute approximate surface area is 142 Å². The Morgan fingerprint density at radius 3 is 2.78 bits per heavy atom. The number of thioether (sulfide) groups is 1. The summed E-state index contributed by atoms with van der Waals surface area (Å²) in [6.07, 6.45) is 0. The maximum atomic E-state index is 11.8. The molecule has 23 heavy (non-hydrogen) atoms. The molecule has 122 valence electrons. The van der Waals surface area contributed by atoms with Gasteiger partial charge in [0.05, 0.1) is 5.25 Å². The monoisotopic (exact) mass is 351 g/mol. The smallest absolute Gasteiger partial charge is 0.321 e. The molecule has 0 saturated carbocycles. The largest absolute Gasteiger partial charge is 0.341 e. The van der Waals surface area contributed by atoms with E-state index in [1.54, 1.807) is 6.92 Å². The number of aryl methyl sites for hydroxylation is 1. The van der Waals surface area contributed by atoms with Gasteiger partial charge in [-0.3, -0.25) is 10.1 Å². The van der Waals surface area contributed by atoms with Crippen molar-refractivity contribution < 1.29 is 9.59 Å². The lowest BCUT2D eigenvalue weighted by atomic mass is 10.2. The van der Waals surface area contributed by atoms with Crippen molar-refractivity contribution in [1.82, 2.24) is 20.8 Å². The summed E-state index contributed by atoms with van der Waals surface area (Å²) in [5.41, 5.74) is 2.08. The molecule has 0 aliphatic carbocycles. The molecule has 1 aromatic heterocycles. The molecule has 1 heterocycles. The van der Waals surface area contributed by atoms with Gasteiger partial charge in [0, 0.05) is 12.7 Å². The van der Waals surface area contributed by atoms with E-state index in [-0.39, 0.29) is 5.91 Å². The number of carbonyl (C=O) groups is 2. The van der Waals surface area contributed by atoms with Crippen LogP contribution in [-0.4, -0.2) is 34.4 Å². The molecular formula is C14H17N5O2S2. The van der Waals surface area contributed by atoms with Crippen molar-refractivity contribution in [3.8, 4) is 0 Å². The van der Waals surface area contributed by atoms with E-state index in [1.165, 1.54) is 30.1 Å². The number of amides is 3. The highest BCUT2D eigenvalue weighted by Crippen LogP contribution is 2.30. The van der Waals surface area contributed by atoms with Crippen LogP contribution in [0.3, 0.4) is 0 Å². The summed E-state index contributed by atoms with van der Waals surface area (Å²) in [7, 11) is 1.45. The van der Waals surface area contributed by atoms with E-state index in [0.29, 0.717) is 9.47 Å². The minimum absolute atomic E-state index is 0.377. The fourth-order valence-electron chi connectivity index (χ4n) is 1.63. The van der Waals surface area contributed by atoms with E-state index in [1.807, 2.05) is 31.2 Å². The molecule has 1 unspecified atom stereocenters. The lowest BCUT2D eigenvalue weighted by Crippen LogP contribution is -2.41. The van der Waals surface area contributed by atoms with Crippen molar-refractivity contribution in [1.29, 1.82) is 0 Å². The van der Waals surface area contributed by atoms with Gasteiger partial charge in [0.1, 0.15) is 0 Å². The van der Waals surface area contributed by atoms with Crippen LogP contribution < -0.4 is 16.0 Å². The van der Waals surface area contributed by atoms with Crippen molar-refractivity contribution in [3.05, 3.63) is 29.8 Å². The summed E-state index contributed by atoms with van der Waals surface area (Å²) in [5.74, 6) is -0.377. The zero-order valence-corrected chi connectivity index (χ0v) is 14.5. The van der Waals surface area contributed by atoms with Crippen molar-refractivity contribution in [2.45, 2.75) is 23.4 Å². The average molecular weight is 351 g/mol. The predicted octanol–water partition coefficient (Wildman–Crippen LogP) is 2.53. The Bertz CT molecular complexity index is 704. The SMILES string of the molecule is CNC(=O)NC(=O)C(C)Sc1nnc(Nc2cccc(C)c2)s1. The van der Waals surface area contributed by atoms with Crippen molar-refractivity contribution in [3.63, 3.8) is 0 Å². The fourth-order valence-corrected chi connectivity index (χ4v) is 3.55. The molecule has 1 atom stereocenters. The molecule has 1 aromatic carbocycles. The standard InChI is InChI=1S/C14H17N5O2S2/c1-8-5-4-6-10(7-8)16-13-18-19-14(23-13)22-9(2)11(20)17-12(21)15-3/h4-7,9H,1-3H3,(H,16,18)(H2,15,17,20,21). The number of rotatable bonds is 5.